The van der Waals surface area contributed by atoms with Gasteiger partial charge in [-0.3, -0.25) is 0 Å². The Bertz CT molecular complexity index is 895. The number of primary sulfonamides is 1. The van der Waals surface area contributed by atoms with Crippen LogP contribution in [0.15, 0.2) is 41.3 Å². The van der Waals surface area contributed by atoms with E-state index >= 15 is 0 Å². The van der Waals surface area contributed by atoms with E-state index in [9.17, 15) is 17.2 Å². The number of halogens is 2. The number of nitrogens with one attached hydrogen (secondary N) is 1. The molecule has 0 saturated carbocycles. The van der Waals surface area contributed by atoms with E-state index in [0.29, 0.717) is 5.69 Å². The Morgan fingerprint density at radius 3 is 2.54 bits per heavy atom. The molecule has 0 amide bonds. The second kappa shape index (κ2) is 7.25. The van der Waals surface area contributed by atoms with Gasteiger partial charge in [0.05, 0.1) is 16.1 Å². The predicted molar refractivity (Wildman–Crippen MR) is 82.9 cm³/mol. The quantitative estimate of drug-likeness (QED) is 0.773. The number of rotatable bonds is 6. The van der Waals surface area contributed by atoms with Crippen molar-refractivity contribution in [2.75, 3.05) is 18.5 Å². The van der Waals surface area contributed by atoms with E-state index < -0.39 is 21.7 Å². The first-order valence-electron chi connectivity index (χ1n) is 6.70. The smallest absolute Gasteiger partial charge is 0.238 e. The molecule has 0 spiro atoms. The van der Waals surface area contributed by atoms with Gasteiger partial charge in [-0.05, 0) is 30.3 Å². The number of sulfonamides is 1. The fraction of sp³-hybridized carbons (Fsp3) is 0.133. The number of nitrogens with two attached hydrogens (primary N) is 1. The first kappa shape index (κ1) is 17.7. The Hall–Kier alpha value is -2.70. The van der Waals surface area contributed by atoms with Gasteiger partial charge < -0.3 is 10.1 Å². The molecule has 3 N–H and O–H groups in total. The third-order valence-corrected chi connectivity index (χ3v) is 3.93. The maximum absolute atomic E-state index is 13.0. The number of benzene rings is 2. The van der Waals surface area contributed by atoms with Gasteiger partial charge in [0.2, 0.25) is 10.0 Å². The van der Waals surface area contributed by atoms with E-state index in [2.05, 4.69) is 5.32 Å². The fourth-order valence-corrected chi connectivity index (χ4v) is 2.41. The third kappa shape index (κ3) is 4.41. The summed E-state index contributed by atoms with van der Waals surface area (Å²) in [5.74, 6) is -1.80. The maximum Gasteiger partial charge on any atom is 0.238 e. The van der Waals surface area contributed by atoms with Gasteiger partial charge in [0.25, 0.3) is 0 Å². The summed E-state index contributed by atoms with van der Waals surface area (Å²) in [5.41, 5.74) is 0.508. The van der Waals surface area contributed by atoms with Crippen LogP contribution in [0.3, 0.4) is 0 Å². The monoisotopic (exact) mass is 353 g/mol. The molecule has 6 nitrogen and oxygen atoms in total. The van der Waals surface area contributed by atoms with Crippen molar-refractivity contribution in [3.05, 3.63) is 53.6 Å². The van der Waals surface area contributed by atoms with Gasteiger partial charge in [-0.1, -0.05) is 0 Å². The zero-order valence-electron chi connectivity index (χ0n) is 12.3. The highest BCUT2D eigenvalue weighted by Gasteiger charge is 2.11. The summed E-state index contributed by atoms with van der Waals surface area (Å²) < 4.78 is 53.6. The van der Waals surface area contributed by atoms with E-state index in [1.807, 2.05) is 6.07 Å². The molecular weight excluding hydrogens is 340 g/mol. The minimum atomic E-state index is -3.89. The third-order valence-electron chi connectivity index (χ3n) is 3.02. The lowest BCUT2D eigenvalue weighted by atomic mass is 10.2. The number of ether oxygens (including phenoxy) is 1. The molecule has 0 heterocycles. The van der Waals surface area contributed by atoms with Gasteiger partial charge in [-0.2, -0.15) is 5.26 Å². The lowest BCUT2D eigenvalue weighted by Crippen LogP contribution is -2.14. The fourth-order valence-electron chi connectivity index (χ4n) is 1.87. The molecule has 2 rings (SSSR count). The van der Waals surface area contributed by atoms with Crippen LogP contribution in [-0.2, 0) is 10.0 Å². The molecule has 0 atom stereocenters. The van der Waals surface area contributed by atoms with Crippen LogP contribution in [0.2, 0.25) is 0 Å². The molecule has 0 unspecified atom stereocenters. The van der Waals surface area contributed by atoms with Gasteiger partial charge in [-0.15, -0.1) is 0 Å². The zero-order valence-corrected chi connectivity index (χ0v) is 13.1. The Labute approximate surface area is 137 Å². The standard InChI is InChI=1S/C15H13F2N3O3S/c16-13-3-1-11(8-14(13)17)23-6-5-20-15-4-2-12(24(19,21)22)7-10(15)9-18/h1-4,7-8,20H,5-6H2,(H2,19,21,22). The molecule has 2 aromatic carbocycles. The molecular formula is C15H13F2N3O3S. The average Bonchev–Trinajstić information content (AvgIpc) is 2.54. The summed E-state index contributed by atoms with van der Waals surface area (Å²) in [6.07, 6.45) is 0. The van der Waals surface area contributed by atoms with Crippen LogP contribution in [-0.4, -0.2) is 21.6 Å². The van der Waals surface area contributed by atoms with E-state index in [0.717, 1.165) is 18.2 Å². The lowest BCUT2D eigenvalue weighted by molar-refractivity contribution is 0.329. The van der Waals surface area contributed by atoms with E-state index in [1.54, 1.807) is 0 Å². The summed E-state index contributed by atoms with van der Waals surface area (Å²) in [6.45, 7) is 0.370. The maximum atomic E-state index is 13.0. The van der Waals surface area contributed by atoms with Crippen LogP contribution in [0.5, 0.6) is 5.75 Å². The zero-order chi connectivity index (χ0) is 17.7. The molecule has 126 valence electrons. The highest BCUT2D eigenvalue weighted by atomic mass is 32.2. The average molecular weight is 353 g/mol. The molecule has 0 radical (unpaired) electrons. The van der Waals surface area contributed by atoms with E-state index in [-0.39, 0.29) is 29.4 Å². The summed E-state index contributed by atoms with van der Waals surface area (Å²) >= 11 is 0. The van der Waals surface area contributed by atoms with Crippen molar-refractivity contribution in [3.63, 3.8) is 0 Å². The van der Waals surface area contributed by atoms with Crippen molar-refractivity contribution < 1.29 is 21.9 Å². The normalized spacial score (nSPS) is 10.9. The molecule has 0 aromatic heterocycles. The van der Waals surface area contributed by atoms with Crippen LogP contribution < -0.4 is 15.2 Å². The molecule has 24 heavy (non-hydrogen) atoms. The number of anilines is 1. The number of nitrogens with zero attached hydrogens (tertiary/aromatic N) is 1. The predicted octanol–water partition coefficient (Wildman–Crippen LogP) is 1.97. The Morgan fingerprint density at radius 2 is 1.92 bits per heavy atom. The van der Waals surface area contributed by atoms with Crippen molar-refractivity contribution in [1.82, 2.24) is 0 Å². The van der Waals surface area contributed by atoms with Crippen molar-refractivity contribution in [2.45, 2.75) is 4.90 Å². The van der Waals surface area contributed by atoms with Crippen molar-refractivity contribution in [2.24, 2.45) is 5.14 Å². The highest BCUT2D eigenvalue weighted by molar-refractivity contribution is 7.89. The molecule has 0 aliphatic heterocycles. The minimum Gasteiger partial charge on any atom is -0.492 e. The van der Waals surface area contributed by atoms with Gasteiger partial charge in [-0.25, -0.2) is 22.3 Å². The molecule has 0 saturated heterocycles. The topological polar surface area (TPSA) is 105 Å². The van der Waals surface area contributed by atoms with Crippen LogP contribution >= 0.6 is 0 Å². The van der Waals surface area contributed by atoms with Crippen LogP contribution in [0.25, 0.3) is 0 Å². The van der Waals surface area contributed by atoms with Crippen LogP contribution in [0.4, 0.5) is 14.5 Å². The summed E-state index contributed by atoms with van der Waals surface area (Å²) in [6, 6.07) is 8.89. The Kier molecular flexibility index (Phi) is 5.33. The second-order valence-corrected chi connectivity index (χ2v) is 6.28. The molecule has 0 aliphatic rings. The molecule has 0 fully saturated rings. The highest BCUT2D eigenvalue weighted by Crippen LogP contribution is 2.19. The van der Waals surface area contributed by atoms with Gasteiger partial charge >= 0.3 is 0 Å². The first-order chi connectivity index (χ1) is 11.3. The van der Waals surface area contributed by atoms with E-state index in [4.69, 9.17) is 15.1 Å². The second-order valence-electron chi connectivity index (χ2n) is 4.72. The molecule has 2 aromatic rings. The van der Waals surface area contributed by atoms with Crippen molar-refractivity contribution >= 4 is 15.7 Å². The minimum absolute atomic E-state index is 0.106. The van der Waals surface area contributed by atoms with Gasteiger partial charge in [0, 0.05) is 12.6 Å². The van der Waals surface area contributed by atoms with Crippen LogP contribution in [0.1, 0.15) is 5.56 Å². The van der Waals surface area contributed by atoms with Gasteiger partial charge in [0.15, 0.2) is 11.6 Å². The molecule has 0 aliphatic carbocycles. The molecule has 9 heteroatoms. The van der Waals surface area contributed by atoms with Crippen LogP contribution in [0, 0.1) is 23.0 Å². The summed E-state index contributed by atoms with van der Waals surface area (Å²) in [5, 5.41) is 17.0. The lowest BCUT2D eigenvalue weighted by Gasteiger charge is -2.10. The van der Waals surface area contributed by atoms with Crippen molar-refractivity contribution in [3.8, 4) is 11.8 Å². The van der Waals surface area contributed by atoms with Crippen molar-refractivity contribution in [1.29, 1.82) is 5.26 Å². The van der Waals surface area contributed by atoms with E-state index in [1.165, 1.54) is 18.2 Å². The first-order valence-corrected chi connectivity index (χ1v) is 8.24. The molecule has 0 bridgehead atoms. The number of hydrogen-bond acceptors (Lipinski definition) is 5. The Balaban J connectivity index is 1.97. The summed E-state index contributed by atoms with van der Waals surface area (Å²) in [4.78, 5) is -0.164. The number of nitriles is 1. The SMILES string of the molecule is N#Cc1cc(S(N)(=O)=O)ccc1NCCOc1ccc(F)c(F)c1. The largest absolute Gasteiger partial charge is 0.492 e. The van der Waals surface area contributed by atoms with Gasteiger partial charge in [0.1, 0.15) is 18.4 Å². The summed E-state index contributed by atoms with van der Waals surface area (Å²) in [7, 11) is -3.89. The Morgan fingerprint density at radius 1 is 1.17 bits per heavy atom. The number of hydrogen-bond donors (Lipinski definition) is 2.